The minimum atomic E-state index is -0.706. The molecule has 18 heavy (non-hydrogen) atoms. The molecule has 1 aliphatic rings. The Morgan fingerprint density at radius 1 is 1.50 bits per heavy atom. The van der Waals surface area contributed by atoms with E-state index in [0.717, 1.165) is 33.6 Å². The average Bonchev–Trinajstić information content (AvgIpc) is 3.07. The SMILES string of the molecule is COc1cccc2cc(C(C(=O)O)C3CC3)sc12. The minimum absolute atomic E-state index is 0.321. The fourth-order valence-electron chi connectivity index (χ4n) is 2.36. The lowest BCUT2D eigenvalue weighted by Crippen LogP contribution is -2.11. The Morgan fingerprint density at radius 2 is 2.28 bits per heavy atom. The second-order valence-electron chi connectivity index (χ2n) is 4.68. The van der Waals surface area contributed by atoms with E-state index in [1.54, 1.807) is 18.4 Å². The number of carbonyl (C=O) groups is 1. The first kappa shape index (κ1) is 11.5. The molecule has 1 aromatic carbocycles. The quantitative estimate of drug-likeness (QED) is 0.917. The lowest BCUT2D eigenvalue weighted by Gasteiger charge is -2.07. The van der Waals surface area contributed by atoms with Gasteiger partial charge in [0, 0.05) is 4.88 Å². The summed E-state index contributed by atoms with van der Waals surface area (Å²) < 4.78 is 6.36. The van der Waals surface area contributed by atoms with E-state index < -0.39 is 5.97 Å². The largest absolute Gasteiger partial charge is 0.495 e. The van der Waals surface area contributed by atoms with Gasteiger partial charge in [-0.15, -0.1) is 11.3 Å². The van der Waals surface area contributed by atoms with Gasteiger partial charge in [-0.3, -0.25) is 4.79 Å². The summed E-state index contributed by atoms with van der Waals surface area (Å²) in [7, 11) is 1.64. The van der Waals surface area contributed by atoms with E-state index in [1.807, 2.05) is 24.3 Å². The summed E-state index contributed by atoms with van der Waals surface area (Å²) in [6.45, 7) is 0. The smallest absolute Gasteiger partial charge is 0.312 e. The maximum absolute atomic E-state index is 11.4. The molecule has 1 unspecified atom stereocenters. The zero-order valence-corrected chi connectivity index (χ0v) is 10.9. The van der Waals surface area contributed by atoms with Crippen molar-refractivity contribution >= 4 is 27.4 Å². The molecule has 1 atom stereocenters. The van der Waals surface area contributed by atoms with Crippen LogP contribution in [0.2, 0.25) is 0 Å². The van der Waals surface area contributed by atoms with Gasteiger partial charge in [-0.2, -0.15) is 0 Å². The first-order chi connectivity index (χ1) is 8.70. The van der Waals surface area contributed by atoms with Gasteiger partial charge >= 0.3 is 5.97 Å². The number of rotatable bonds is 4. The van der Waals surface area contributed by atoms with Crippen LogP contribution in [-0.4, -0.2) is 18.2 Å². The predicted molar refractivity (Wildman–Crippen MR) is 71.5 cm³/mol. The standard InChI is InChI=1S/C14H14O3S/c1-17-10-4-2-3-9-7-11(18-13(9)10)12(14(15)16)8-5-6-8/h2-4,7-8,12H,5-6H2,1H3,(H,15,16). The van der Waals surface area contributed by atoms with Gasteiger partial charge in [-0.05, 0) is 36.3 Å². The molecular weight excluding hydrogens is 248 g/mol. The highest BCUT2D eigenvalue weighted by molar-refractivity contribution is 7.19. The topological polar surface area (TPSA) is 46.5 Å². The normalized spacial score (nSPS) is 16.7. The molecule has 1 saturated carbocycles. The highest BCUT2D eigenvalue weighted by atomic mass is 32.1. The Bertz CT molecular complexity index is 598. The number of ether oxygens (including phenoxy) is 1. The van der Waals surface area contributed by atoms with Crippen LogP contribution in [0.5, 0.6) is 5.75 Å². The summed E-state index contributed by atoms with van der Waals surface area (Å²) in [6.07, 6.45) is 2.06. The summed E-state index contributed by atoms with van der Waals surface area (Å²) in [4.78, 5) is 12.3. The maximum Gasteiger partial charge on any atom is 0.312 e. The van der Waals surface area contributed by atoms with Gasteiger partial charge in [0.15, 0.2) is 0 Å². The summed E-state index contributed by atoms with van der Waals surface area (Å²) in [5.74, 6) is 0.0976. The molecule has 1 heterocycles. The molecule has 0 aliphatic heterocycles. The number of benzene rings is 1. The van der Waals surface area contributed by atoms with Gasteiger partial charge in [-0.25, -0.2) is 0 Å². The minimum Gasteiger partial charge on any atom is -0.495 e. The van der Waals surface area contributed by atoms with Gasteiger partial charge in [0.05, 0.1) is 17.7 Å². The van der Waals surface area contributed by atoms with Crippen LogP contribution < -0.4 is 4.74 Å². The van der Waals surface area contributed by atoms with Crippen LogP contribution in [0.15, 0.2) is 24.3 Å². The lowest BCUT2D eigenvalue weighted by atomic mass is 10.0. The molecule has 1 aliphatic carbocycles. The Morgan fingerprint density at radius 3 is 2.89 bits per heavy atom. The Balaban J connectivity index is 2.09. The molecule has 3 rings (SSSR count). The average molecular weight is 262 g/mol. The molecule has 4 heteroatoms. The molecule has 1 N–H and O–H groups in total. The van der Waals surface area contributed by atoms with Crippen molar-refractivity contribution in [3.05, 3.63) is 29.1 Å². The molecule has 0 amide bonds. The van der Waals surface area contributed by atoms with Crippen LogP contribution in [0.3, 0.4) is 0 Å². The van der Waals surface area contributed by atoms with E-state index in [2.05, 4.69) is 0 Å². The van der Waals surface area contributed by atoms with E-state index in [9.17, 15) is 9.90 Å². The van der Waals surface area contributed by atoms with E-state index in [0.29, 0.717) is 5.92 Å². The number of thiophene rings is 1. The Labute approximate surface area is 109 Å². The van der Waals surface area contributed by atoms with Crippen molar-refractivity contribution in [2.45, 2.75) is 18.8 Å². The zero-order valence-electron chi connectivity index (χ0n) is 10.1. The van der Waals surface area contributed by atoms with Crippen molar-refractivity contribution in [3.63, 3.8) is 0 Å². The highest BCUT2D eigenvalue weighted by Gasteiger charge is 2.38. The summed E-state index contributed by atoms with van der Waals surface area (Å²) >= 11 is 1.55. The van der Waals surface area contributed by atoms with E-state index in [-0.39, 0.29) is 5.92 Å². The molecule has 1 aromatic heterocycles. The van der Waals surface area contributed by atoms with Crippen molar-refractivity contribution in [3.8, 4) is 5.75 Å². The summed E-state index contributed by atoms with van der Waals surface area (Å²) in [6, 6.07) is 7.85. The van der Waals surface area contributed by atoms with Crippen molar-refractivity contribution in [1.29, 1.82) is 0 Å². The first-order valence-corrected chi connectivity index (χ1v) is 6.81. The van der Waals surface area contributed by atoms with Gasteiger partial charge in [0.25, 0.3) is 0 Å². The molecule has 94 valence electrons. The van der Waals surface area contributed by atoms with Gasteiger partial charge in [-0.1, -0.05) is 12.1 Å². The third kappa shape index (κ3) is 1.86. The van der Waals surface area contributed by atoms with Crippen molar-refractivity contribution in [1.82, 2.24) is 0 Å². The second-order valence-corrected chi connectivity index (χ2v) is 5.76. The fraction of sp³-hybridized carbons (Fsp3) is 0.357. The number of carboxylic acid groups (broad SMARTS) is 1. The van der Waals surface area contributed by atoms with E-state index in [1.165, 1.54) is 0 Å². The van der Waals surface area contributed by atoms with Crippen LogP contribution in [0.4, 0.5) is 0 Å². The number of hydrogen-bond acceptors (Lipinski definition) is 3. The number of methoxy groups -OCH3 is 1. The predicted octanol–water partition coefficient (Wildman–Crippen LogP) is 3.49. The molecule has 1 fully saturated rings. The van der Waals surface area contributed by atoms with Crippen LogP contribution in [-0.2, 0) is 4.79 Å². The maximum atomic E-state index is 11.4. The third-order valence-corrected chi connectivity index (χ3v) is 4.66. The van der Waals surface area contributed by atoms with Crippen molar-refractivity contribution in [2.24, 2.45) is 5.92 Å². The van der Waals surface area contributed by atoms with Crippen LogP contribution >= 0.6 is 11.3 Å². The van der Waals surface area contributed by atoms with Crippen LogP contribution in [0.1, 0.15) is 23.6 Å². The molecule has 0 saturated heterocycles. The molecular formula is C14H14O3S. The Hall–Kier alpha value is -1.55. The van der Waals surface area contributed by atoms with Gasteiger partial charge in [0.1, 0.15) is 5.75 Å². The van der Waals surface area contributed by atoms with Crippen LogP contribution in [0.25, 0.3) is 10.1 Å². The molecule has 0 spiro atoms. The number of fused-ring (bicyclic) bond motifs is 1. The number of aliphatic carboxylic acids is 1. The van der Waals surface area contributed by atoms with Crippen molar-refractivity contribution < 1.29 is 14.6 Å². The molecule has 3 nitrogen and oxygen atoms in total. The lowest BCUT2D eigenvalue weighted by molar-refractivity contribution is -0.139. The van der Waals surface area contributed by atoms with Gasteiger partial charge < -0.3 is 9.84 Å². The number of carboxylic acids is 1. The molecule has 0 bridgehead atoms. The zero-order chi connectivity index (χ0) is 12.7. The van der Waals surface area contributed by atoms with Gasteiger partial charge in [0.2, 0.25) is 0 Å². The molecule has 2 aromatic rings. The van der Waals surface area contributed by atoms with Crippen molar-refractivity contribution in [2.75, 3.05) is 7.11 Å². The van der Waals surface area contributed by atoms with E-state index in [4.69, 9.17) is 4.74 Å². The molecule has 0 radical (unpaired) electrons. The Kier molecular flexibility index (Phi) is 2.74. The summed E-state index contributed by atoms with van der Waals surface area (Å²) in [5, 5.41) is 10.4. The number of hydrogen-bond donors (Lipinski definition) is 1. The second kappa shape index (κ2) is 4.28. The third-order valence-electron chi connectivity index (χ3n) is 3.41. The highest BCUT2D eigenvalue weighted by Crippen LogP contribution is 2.47. The van der Waals surface area contributed by atoms with E-state index >= 15 is 0 Å². The fourth-order valence-corrected chi connectivity index (χ4v) is 3.69. The first-order valence-electron chi connectivity index (χ1n) is 6.00. The summed E-state index contributed by atoms with van der Waals surface area (Å²) in [5.41, 5.74) is 0. The monoisotopic (exact) mass is 262 g/mol. The van der Waals surface area contributed by atoms with Crippen LogP contribution in [0, 0.1) is 5.92 Å².